The maximum absolute atomic E-state index is 13.1. The zero-order valence-electron chi connectivity index (χ0n) is 22.2. The highest BCUT2D eigenvalue weighted by atomic mass is 32.2. The number of nitrogens with one attached hydrogen (secondary N) is 1. The molecule has 0 atom stereocenters. The van der Waals surface area contributed by atoms with E-state index in [1.54, 1.807) is 30.3 Å². The number of likely N-dealkylation sites (N-methyl/N-ethyl adjacent to an activating group) is 1. The van der Waals surface area contributed by atoms with Crippen molar-refractivity contribution < 1.29 is 19.1 Å². The molecule has 0 unspecified atom stereocenters. The molecular weight excluding hydrogens is 486 g/mol. The van der Waals surface area contributed by atoms with Crippen LogP contribution in [0.3, 0.4) is 0 Å². The Morgan fingerprint density at radius 3 is 2.46 bits per heavy atom. The molecule has 0 saturated carbocycles. The number of carbonyl (C=O) groups excluding carboxylic acids is 3. The molecule has 2 aliphatic rings. The van der Waals surface area contributed by atoms with Gasteiger partial charge in [0.25, 0.3) is 11.1 Å². The summed E-state index contributed by atoms with van der Waals surface area (Å²) in [5.41, 5.74) is 5.84. The fraction of sp³-hybridized carbons (Fsp3) is 0.345. The van der Waals surface area contributed by atoms with E-state index in [2.05, 4.69) is 56.1 Å². The van der Waals surface area contributed by atoms with Crippen LogP contribution in [0.5, 0.6) is 5.75 Å². The Balaban J connectivity index is 1.52. The lowest BCUT2D eigenvalue weighted by Crippen LogP contribution is -2.44. The molecule has 1 N–H and O–H groups in total. The van der Waals surface area contributed by atoms with E-state index in [0.717, 1.165) is 39.9 Å². The third kappa shape index (κ3) is 5.44. The van der Waals surface area contributed by atoms with Crippen molar-refractivity contribution in [1.82, 2.24) is 4.90 Å². The van der Waals surface area contributed by atoms with Gasteiger partial charge < -0.3 is 15.0 Å². The van der Waals surface area contributed by atoms with E-state index in [-0.39, 0.29) is 12.1 Å². The van der Waals surface area contributed by atoms with Gasteiger partial charge in [0.1, 0.15) is 12.3 Å². The lowest BCUT2D eigenvalue weighted by molar-refractivity contribution is -0.127. The predicted octanol–water partition coefficient (Wildman–Crippen LogP) is 6.09. The number of anilines is 2. The van der Waals surface area contributed by atoms with Crippen molar-refractivity contribution in [1.29, 1.82) is 0 Å². The van der Waals surface area contributed by atoms with Crippen LogP contribution in [0.25, 0.3) is 11.6 Å². The molecule has 2 aliphatic heterocycles. The first-order valence-electron chi connectivity index (χ1n) is 12.4. The standard InChI is InChI=1S/C29H33N3O4S/c1-7-32-24-13-18(3)20(14-23(24)19(4)16-29(32,5)6)15-25-27(34)31(28(35)37-25)17-26(33)30-21-9-11-22(12-10-21)36-8-2/h9-16H,7-8,17H2,1-6H3,(H,30,33)/b25-15-. The van der Waals surface area contributed by atoms with Gasteiger partial charge in [-0.15, -0.1) is 0 Å². The topological polar surface area (TPSA) is 79.0 Å². The lowest BCUT2D eigenvalue weighted by Gasteiger charge is -2.43. The summed E-state index contributed by atoms with van der Waals surface area (Å²) in [6.07, 6.45) is 4.02. The molecule has 8 heteroatoms. The SMILES string of the molecule is CCOc1ccc(NC(=O)CN2C(=O)S/C(=C\c3cc4c(cc3C)N(CC)C(C)(C)C=C4C)C2=O)cc1. The highest BCUT2D eigenvalue weighted by Crippen LogP contribution is 2.41. The zero-order chi connectivity index (χ0) is 26.9. The van der Waals surface area contributed by atoms with Gasteiger partial charge in [0, 0.05) is 23.5 Å². The Hall–Kier alpha value is -3.52. The summed E-state index contributed by atoms with van der Waals surface area (Å²) in [6.45, 7) is 13.6. The first kappa shape index (κ1) is 26.5. The number of benzene rings is 2. The van der Waals surface area contributed by atoms with Crippen LogP contribution in [0.1, 0.15) is 51.3 Å². The smallest absolute Gasteiger partial charge is 0.294 e. The number of hydrogen-bond acceptors (Lipinski definition) is 6. The van der Waals surface area contributed by atoms with Crippen molar-refractivity contribution >= 4 is 51.8 Å². The van der Waals surface area contributed by atoms with Gasteiger partial charge in [-0.1, -0.05) is 6.08 Å². The fourth-order valence-electron chi connectivity index (χ4n) is 4.90. The highest BCUT2D eigenvalue weighted by molar-refractivity contribution is 8.18. The first-order chi connectivity index (χ1) is 17.5. The molecule has 2 aromatic carbocycles. The summed E-state index contributed by atoms with van der Waals surface area (Å²) in [5, 5.41) is 2.27. The molecule has 37 heavy (non-hydrogen) atoms. The molecule has 0 spiro atoms. The predicted molar refractivity (Wildman–Crippen MR) is 151 cm³/mol. The zero-order valence-corrected chi connectivity index (χ0v) is 23.0. The lowest BCUT2D eigenvalue weighted by atomic mass is 9.87. The molecule has 194 valence electrons. The monoisotopic (exact) mass is 519 g/mol. The van der Waals surface area contributed by atoms with Crippen LogP contribution in [0.15, 0.2) is 47.4 Å². The summed E-state index contributed by atoms with van der Waals surface area (Å²) < 4.78 is 5.40. The summed E-state index contributed by atoms with van der Waals surface area (Å²) in [5.74, 6) is -0.205. The normalized spacial score (nSPS) is 17.7. The van der Waals surface area contributed by atoms with E-state index in [1.165, 1.54) is 11.3 Å². The average molecular weight is 520 g/mol. The summed E-state index contributed by atoms with van der Waals surface area (Å²) in [4.78, 5) is 41.9. The number of ether oxygens (including phenoxy) is 1. The van der Waals surface area contributed by atoms with Gasteiger partial charge in [0.15, 0.2) is 0 Å². The van der Waals surface area contributed by atoms with E-state index in [9.17, 15) is 14.4 Å². The second-order valence-corrected chi connectivity index (χ2v) is 10.7. The Labute approximate surface area is 222 Å². The molecule has 0 aromatic heterocycles. The van der Waals surface area contributed by atoms with Gasteiger partial charge in [-0.2, -0.15) is 0 Å². The average Bonchev–Trinajstić information content (AvgIpc) is 3.08. The van der Waals surface area contributed by atoms with Gasteiger partial charge in [0.05, 0.1) is 17.1 Å². The van der Waals surface area contributed by atoms with Crippen LogP contribution >= 0.6 is 11.8 Å². The molecule has 2 aromatic rings. The Bertz CT molecular complexity index is 1310. The maximum atomic E-state index is 13.1. The van der Waals surface area contributed by atoms with Gasteiger partial charge >= 0.3 is 0 Å². The summed E-state index contributed by atoms with van der Waals surface area (Å²) in [7, 11) is 0. The van der Waals surface area contributed by atoms with Crippen molar-refractivity contribution in [3.05, 3.63) is 64.1 Å². The Kier molecular flexibility index (Phi) is 7.50. The number of aryl methyl sites for hydroxylation is 1. The Morgan fingerprint density at radius 1 is 1.11 bits per heavy atom. The molecule has 1 fully saturated rings. The number of nitrogens with zero attached hydrogens (tertiary/aromatic N) is 2. The van der Waals surface area contributed by atoms with Crippen molar-refractivity contribution in [3.8, 4) is 5.75 Å². The van der Waals surface area contributed by atoms with Gasteiger partial charge in [-0.3, -0.25) is 19.3 Å². The van der Waals surface area contributed by atoms with Crippen LogP contribution in [0, 0.1) is 6.92 Å². The van der Waals surface area contributed by atoms with Crippen LogP contribution in [-0.2, 0) is 9.59 Å². The quantitative estimate of drug-likeness (QED) is 0.446. The number of imide groups is 1. The van der Waals surface area contributed by atoms with Gasteiger partial charge in [0.2, 0.25) is 5.91 Å². The molecule has 0 bridgehead atoms. The van der Waals surface area contributed by atoms with Crippen molar-refractivity contribution in [2.24, 2.45) is 0 Å². The second kappa shape index (κ2) is 10.5. The van der Waals surface area contributed by atoms with E-state index in [1.807, 2.05) is 13.8 Å². The first-order valence-corrected chi connectivity index (χ1v) is 13.3. The molecule has 1 saturated heterocycles. The van der Waals surface area contributed by atoms with E-state index in [0.29, 0.717) is 22.9 Å². The van der Waals surface area contributed by atoms with Gasteiger partial charge in [-0.25, -0.2) is 0 Å². The molecule has 3 amide bonds. The molecule has 0 aliphatic carbocycles. The Morgan fingerprint density at radius 2 is 1.81 bits per heavy atom. The molecule has 0 radical (unpaired) electrons. The second-order valence-electron chi connectivity index (χ2n) is 9.72. The minimum atomic E-state index is -0.461. The van der Waals surface area contributed by atoms with Crippen molar-refractivity contribution in [2.75, 3.05) is 29.9 Å². The summed E-state index contributed by atoms with van der Waals surface area (Å²) >= 11 is 0.861. The van der Waals surface area contributed by atoms with Crippen molar-refractivity contribution in [2.45, 2.75) is 47.1 Å². The van der Waals surface area contributed by atoms with E-state index in [4.69, 9.17) is 4.74 Å². The summed E-state index contributed by atoms with van der Waals surface area (Å²) in [6, 6.07) is 11.2. The number of allylic oxidation sites excluding steroid dienone is 1. The van der Waals surface area contributed by atoms with Crippen molar-refractivity contribution in [3.63, 3.8) is 0 Å². The maximum Gasteiger partial charge on any atom is 0.294 e. The van der Waals surface area contributed by atoms with Crippen LogP contribution in [-0.4, -0.2) is 47.2 Å². The number of thioether (sulfide) groups is 1. The van der Waals surface area contributed by atoms with Gasteiger partial charge in [-0.05, 0) is 112 Å². The fourth-order valence-corrected chi connectivity index (χ4v) is 5.73. The van der Waals surface area contributed by atoms with Crippen LogP contribution in [0.4, 0.5) is 16.2 Å². The number of carbonyl (C=O) groups is 3. The molecule has 2 heterocycles. The molecular formula is C29H33N3O4S. The number of rotatable bonds is 7. The largest absolute Gasteiger partial charge is 0.494 e. The van der Waals surface area contributed by atoms with E-state index < -0.39 is 17.1 Å². The number of fused-ring (bicyclic) bond motifs is 1. The molecule has 4 rings (SSSR count). The number of hydrogen-bond donors (Lipinski definition) is 1. The molecule has 7 nitrogen and oxygen atoms in total. The van der Waals surface area contributed by atoms with Crippen LogP contribution < -0.4 is 15.0 Å². The third-order valence-electron chi connectivity index (χ3n) is 6.59. The minimum Gasteiger partial charge on any atom is -0.494 e. The van der Waals surface area contributed by atoms with Crippen LogP contribution in [0.2, 0.25) is 0 Å². The highest BCUT2D eigenvalue weighted by Gasteiger charge is 2.37. The third-order valence-corrected chi connectivity index (χ3v) is 7.50. The minimum absolute atomic E-state index is 0.0889. The number of amides is 3. The van der Waals surface area contributed by atoms with E-state index >= 15 is 0 Å².